The van der Waals surface area contributed by atoms with Crippen molar-refractivity contribution in [1.29, 1.82) is 5.26 Å². The maximum absolute atomic E-state index is 11.9. The first kappa shape index (κ1) is 14.3. The van der Waals surface area contributed by atoms with Crippen LogP contribution in [0, 0.1) is 11.3 Å². The number of ether oxygens (including phenoxy) is 1. The van der Waals surface area contributed by atoms with Crippen LogP contribution in [0.2, 0.25) is 0 Å². The molecule has 0 saturated heterocycles. The summed E-state index contributed by atoms with van der Waals surface area (Å²) in [6.45, 7) is 1.45. The average Bonchev–Trinajstić information content (AvgIpc) is 3.01. The van der Waals surface area contributed by atoms with Crippen molar-refractivity contribution in [3.05, 3.63) is 54.0 Å². The van der Waals surface area contributed by atoms with Gasteiger partial charge in [0.1, 0.15) is 0 Å². The molecule has 1 atom stereocenters. The molecule has 0 saturated carbocycles. The Morgan fingerprint density at radius 2 is 2.14 bits per heavy atom. The summed E-state index contributed by atoms with van der Waals surface area (Å²) in [6.07, 6.45) is 0.350. The van der Waals surface area contributed by atoms with Crippen molar-refractivity contribution < 1.29 is 18.7 Å². The van der Waals surface area contributed by atoms with Crippen LogP contribution in [0.15, 0.2) is 47.1 Å². The highest BCUT2D eigenvalue weighted by atomic mass is 16.6. The standard InChI is InChI=1S/C15H12N2O4/c1-10(21-15(19)13-6-3-7-20-13)14(18)17-12-5-2-4-11(8-12)9-16/h2-8,10H,1H3,(H,17,18)/t10-/m1/s1. The zero-order valence-corrected chi connectivity index (χ0v) is 11.2. The van der Waals surface area contributed by atoms with Gasteiger partial charge in [-0.15, -0.1) is 0 Å². The summed E-state index contributed by atoms with van der Waals surface area (Å²) < 4.78 is 9.86. The molecule has 1 amide bonds. The highest BCUT2D eigenvalue weighted by molar-refractivity contribution is 5.96. The van der Waals surface area contributed by atoms with E-state index in [0.717, 1.165) is 0 Å². The van der Waals surface area contributed by atoms with Crippen LogP contribution in [-0.4, -0.2) is 18.0 Å². The number of hydrogen-bond donors (Lipinski definition) is 1. The van der Waals surface area contributed by atoms with E-state index in [0.29, 0.717) is 11.3 Å². The molecule has 2 aromatic rings. The Bertz CT molecular complexity index is 686. The van der Waals surface area contributed by atoms with Crippen LogP contribution in [0.3, 0.4) is 0 Å². The van der Waals surface area contributed by atoms with Gasteiger partial charge in [-0.25, -0.2) is 4.79 Å². The number of furan rings is 1. The first-order valence-electron chi connectivity index (χ1n) is 6.15. The van der Waals surface area contributed by atoms with Crippen LogP contribution < -0.4 is 5.32 Å². The minimum Gasteiger partial charge on any atom is -0.457 e. The molecule has 1 aromatic heterocycles. The minimum atomic E-state index is -0.992. The van der Waals surface area contributed by atoms with Crippen LogP contribution in [0.1, 0.15) is 23.0 Å². The Kier molecular flexibility index (Phi) is 4.36. The molecule has 0 unspecified atom stereocenters. The number of nitrogens with zero attached hydrogens (tertiary/aromatic N) is 1. The monoisotopic (exact) mass is 284 g/mol. The summed E-state index contributed by atoms with van der Waals surface area (Å²) in [5.74, 6) is -1.18. The molecule has 1 N–H and O–H groups in total. The van der Waals surface area contributed by atoms with E-state index in [9.17, 15) is 9.59 Å². The van der Waals surface area contributed by atoms with Gasteiger partial charge in [0.2, 0.25) is 5.76 Å². The Hall–Kier alpha value is -3.07. The zero-order chi connectivity index (χ0) is 15.2. The third kappa shape index (κ3) is 3.70. The van der Waals surface area contributed by atoms with Gasteiger partial charge in [-0.2, -0.15) is 5.26 Å². The number of benzene rings is 1. The first-order valence-corrected chi connectivity index (χ1v) is 6.15. The summed E-state index contributed by atoms with van der Waals surface area (Å²) >= 11 is 0. The van der Waals surface area contributed by atoms with Crippen molar-refractivity contribution in [3.63, 3.8) is 0 Å². The maximum atomic E-state index is 11.9. The van der Waals surface area contributed by atoms with Crippen molar-refractivity contribution in [2.45, 2.75) is 13.0 Å². The van der Waals surface area contributed by atoms with E-state index in [4.69, 9.17) is 14.4 Å². The lowest BCUT2D eigenvalue weighted by Gasteiger charge is -2.12. The van der Waals surface area contributed by atoms with Crippen LogP contribution in [0.25, 0.3) is 0 Å². The third-order valence-electron chi connectivity index (χ3n) is 2.63. The largest absolute Gasteiger partial charge is 0.457 e. The molecular weight excluding hydrogens is 272 g/mol. The van der Waals surface area contributed by atoms with E-state index in [1.807, 2.05) is 6.07 Å². The van der Waals surface area contributed by atoms with Gasteiger partial charge >= 0.3 is 5.97 Å². The van der Waals surface area contributed by atoms with Gasteiger partial charge in [-0.3, -0.25) is 4.79 Å². The second kappa shape index (κ2) is 6.39. The number of anilines is 1. The first-order chi connectivity index (χ1) is 10.1. The van der Waals surface area contributed by atoms with Crippen molar-refractivity contribution >= 4 is 17.6 Å². The van der Waals surface area contributed by atoms with Gasteiger partial charge in [-0.1, -0.05) is 6.07 Å². The highest BCUT2D eigenvalue weighted by Crippen LogP contribution is 2.11. The highest BCUT2D eigenvalue weighted by Gasteiger charge is 2.20. The van der Waals surface area contributed by atoms with Crippen LogP contribution in [-0.2, 0) is 9.53 Å². The predicted molar refractivity (Wildman–Crippen MR) is 73.4 cm³/mol. The summed E-state index contributed by atoms with van der Waals surface area (Å²) in [5, 5.41) is 11.4. The van der Waals surface area contributed by atoms with Crippen molar-refractivity contribution in [2.75, 3.05) is 5.32 Å². The maximum Gasteiger partial charge on any atom is 0.374 e. The Balaban J connectivity index is 1.96. The Labute approximate surface area is 120 Å². The lowest BCUT2D eigenvalue weighted by Crippen LogP contribution is -2.29. The number of nitrogens with one attached hydrogen (secondary N) is 1. The molecule has 2 rings (SSSR count). The lowest BCUT2D eigenvalue weighted by molar-refractivity contribution is -0.123. The van der Waals surface area contributed by atoms with E-state index in [1.54, 1.807) is 24.3 Å². The Morgan fingerprint density at radius 3 is 2.81 bits per heavy atom. The van der Waals surface area contributed by atoms with Crippen LogP contribution >= 0.6 is 0 Å². The fraction of sp³-hybridized carbons (Fsp3) is 0.133. The quantitative estimate of drug-likeness (QED) is 0.870. The van der Waals surface area contributed by atoms with Gasteiger partial charge in [0.05, 0.1) is 17.9 Å². The van der Waals surface area contributed by atoms with E-state index < -0.39 is 18.0 Å². The minimum absolute atomic E-state index is 0.0288. The predicted octanol–water partition coefficient (Wildman–Crippen LogP) is 2.34. The molecule has 0 aliphatic carbocycles. The van der Waals surface area contributed by atoms with Crippen molar-refractivity contribution in [1.82, 2.24) is 0 Å². The lowest BCUT2D eigenvalue weighted by atomic mass is 10.2. The van der Waals surface area contributed by atoms with E-state index in [2.05, 4.69) is 5.32 Å². The van der Waals surface area contributed by atoms with Gasteiger partial charge in [0.15, 0.2) is 6.10 Å². The Morgan fingerprint density at radius 1 is 1.33 bits per heavy atom. The molecule has 0 radical (unpaired) electrons. The van der Waals surface area contributed by atoms with Crippen LogP contribution in [0.4, 0.5) is 5.69 Å². The van der Waals surface area contributed by atoms with Crippen LogP contribution in [0.5, 0.6) is 0 Å². The van der Waals surface area contributed by atoms with Gasteiger partial charge < -0.3 is 14.5 Å². The molecule has 0 spiro atoms. The molecule has 1 aromatic carbocycles. The van der Waals surface area contributed by atoms with Crippen molar-refractivity contribution in [2.24, 2.45) is 0 Å². The fourth-order valence-corrected chi connectivity index (χ4v) is 1.58. The molecule has 0 bridgehead atoms. The van der Waals surface area contributed by atoms with E-state index >= 15 is 0 Å². The van der Waals surface area contributed by atoms with Gasteiger partial charge in [0, 0.05) is 5.69 Å². The molecule has 0 aliphatic heterocycles. The smallest absolute Gasteiger partial charge is 0.374 e. The normalized spacial score (nSPS) is 11.2. The summed E-state index contributed by atoms with van der Waals surface area (Å²) in [5.41, 5.74) is 0.882. The molecule has 1 heterocycles. The summed E-state index contributed by atoms with van der Waals surface area (Å²) in [6, 6.07) is 11.4. The number of carbonyl (C=O) groups excluding carboxylic acids is 2. The number of rotatable bonds is 4. The number of nitriles is 1. The number of carbonyl (C=O) groups is 2. The topological polar surface area (TPSA) is 92.3 Å². The zero-order valence-electron chi connectivity index (χ0n) is 11.2. The van der Waals surface area contributed by atoms with Gasteiger partial charge in [0.25, 0.3) is 5.91 Å². The molecule has 0 fully saturated rings. The second-order valence-corrected chi connectivity index (χ2v) is 4.21. The number of esters is 1. The summed E-state index contributed by atoms with van der Waals surface area (Å²) in [7, 11) is 0. The number of amides is 1. The molecular formula is C15H12N2O4. The van der Waals surface area contributed by atoms with Crippen molar-refractivity contribution in [3.8, 4) is 6.07 Å². The van der Waals surface area contributed by atoms with E-state index in [-0.39, 0.29) is 5.76 Å². The van der Waals surface area contributed by atoms with Gasteiger partial charge in [-0.05, 0) is 37.3 Å². The summed E-state index contributed by atoms with van der Waals surface area (Å²) in [4.78, 5) is 23.5. The number of hydrogen-bond acceptors (Lipinski definition) is 5. The molecule has 6 heteroatoms. The fourth-order valence-electron chi connectivity index (χ4n) is 1.58. The average molecular weight is 284 g/mol. The third-order valence-corrected chi connectivity index (χ3v) is 2.63. The molecule has 0 aliphatic rings. The second-order valence-electron chi connectivity index (χ2n) is 4.21. The molecule has 21 heavy (non-hydrogen) atoms. The molecule has 106 valence electrons. The van der Waals surface area contributed by atoms with E-state index in [1.165, 1.54) is 25.3 Å². The molecule has 6 nitrogen and oxygen atoms in total. The SMILES string of the molecule is C[C@@H](OC(=O)c1ccco1)C(=O)Nc1cccc(C#N)c1.